The Kier molecular flexibility index (Phi) is 6.15. The molecule has 0 aromatic rings. The normalized spacial score (nSPS) is 36.7. The Morgan fingerprint density at radius 2 is 1.05 bits per heavy atom. The maximum atomic E-state index is 6.22. The van der Waals surface area contributed by atoms with E-state index in [1.54, 1.807) is 0 Å². The van der Waals surface area contributed by atoms with Gasteiger partial charge >= 0.3 is 0 Å². The number of halogens is 1. The fourth-order valence-electron chi connectivity index (χ4n) is 3.49. The minimum atomic E-state index is -0.326. The molecular formula is C15H28ClN3O2. The van der Waals surface area contributed by atoms with Gasteiger partial charge in [-0.3, -0.25) is 10.6 Å². The lowest BCUT2D eigenvalue weighted by molar-refractivity contribution is -0.148. The summed E-state index contributed by atoms with van der Waals surface area (Å²) in [6.07, 6.45) is 12.5. The first kappa shape index (κ1) is 16.0. The van der Waals surface area contributed by atoms with Crippen LogP contribution in [0.15, 0.2) is 0 Å². The van der Waals surface area contributed by atoms with Crippen LogP contribution in [0.5, 0.6) is 0 Å². The van der Waals surface area contributed by atoms with E-state index in [0.717, 1.165) is 25.7 Å². The number of hydrogen-bond acceptors (Lipinski definition) is 5. The molecule has 0 bridgehead atoms. The molecule has 2 saturated carbocycles. The highest BCUT2D eigenvalue weighted by Crippen LogP contribution is 2.23. The standard InChI is InChI=1S/C15H28ClN3O2/c16-13-17-14(20-11-7-3-1-4-8-11)19-15(18-13)21-12-9-5-2-6-10-12/h11-15,17-19H,1-10H2. The first-order valence-corrected chi connectivity index (χ1v) is 8.96. The van der Waals surface area contributed by atoms with Crippen molar-refractivity contribution in [2.75, 3.05) is 0 Å². The first-order chi connectivity index (χ1) is 10.3. The van der Waals surface area contributed by atoms with Crippen LogP contribution in [0.3, 0.4) is 0 Å². The van der Waals surface area contributed by atoms with Crippen LogP contribution in [-0.2, 0) is 9.47 Å². The van der Waals surface area contributed by atoms with Crippen LogP contribution in [0.1, 0.15) is 64.2 Å². The van der Waals surface area contributed by atoms with E-state index in [2.05, 4.69) is 16.0 Å². The van der Waals surface area contributed by atoms with Gasteiger partial charge in [0, 0.05) is 0 Å². The molecule has 0 spiro atoms. The minimum Gasteiger partial charge on any atom is -0.347 e. The maximum Gasteiger partial charge on any atom is 0.168 e. The summed E-state index contributed by atoms with van der Waals surface area (Å²) in [7, 11) is 0. The van der Waals surface area contributed by atoms with Crippen LogP contribution in [0.2, 0.25) is 0 Å². The lowest BCUT2D eigenvalue weighted by atomic mass is 9.98. The molecule has 1 heterocycles. The summed E-state index contributed by atoms with van der Waals surface area (Å²) < 4.78 is 12.2. The second kappa shape index (κ2) is 8.09. The minimum absolute atomic E-state index is 0.231. The monoisotopic (exact) mass is 317 g/mol. The van der Waals surface area contributed by atoms with Crippen molar-refractivity contribution in [3.63, 3.8) is 0 Å². The van der Waals surface area contributed by atoms with E-state index in [9.17, 15) is 0 Å². The summed E-state index contributed by atoms with van der Waals surface area (Å²) >= 11 is 6.22. The third kappa shape index (κ3) is 5.05. The van der Waals surface area contributed by atoms with Crippen LogP contribution in [0.25, 0.3) is 0 Å². The van der Waals surface area contributed by atoms with Gasteiger partial charge in [0.05, 0.1) is 12.2 Å². The molecule has 122 valence electrons. The van der Waals surface area contributed by atoms with Crippen LogP contribution in [-0.4, -0.2) is 30.5 Å². The molecule has 5 nitrogen and oxygen atoms in total. The Bertz CT molecular complexity index is 281. The van der Waals surface area contributed by atoms with E-state index >= 15 is 0 Å². The van der Waals surface area contributed by atoms with Gasteiger partial charge in [0.25, 0.3) is 0 Å². The van der Waals surface area contributed by atoms with E-state index in [1.165, 1.54) is 38.5 Å². The topological polar surface area (TPSA) is 54.5 Å². The van der Waals surface area contributed by atoms with Gasteiger partial charge < -0.3 is 9.47 Å². The molecule has 3 rings (SSSR count). The lowest BCUT2D eigenvalue weighted by Gasteiger charge is -2.39. The van der Waals surface area contributed by atoms with Gasteiger partial charge in [-0.2, -0.15) is 0 Å². The zero-order chi connectivity index (χ0) is 14.5. The Morgan fingerprint density at radius 1 is 0.619 bits per heavy atom. The average Bonchev–Trinajstić information content (AvgIpc) is 2.48. The van der Waals surface area contributed by atoms with Crippen molar-refractivity contribution >= 4 is 11.6 Å². The highest BCUT2D eigenvalue weighted by Gasteiger charge is 2.30. The van der Waals surface area contributed by atoms with Crippen LogP contribution in [0, 0.1) is 0 Å². The van der Waals surface area contributed by atoms with Gasteiger partial charge in [-0.25, -0.2) is 5.32 Å². The van der Waals surface area contributed by atoms with E-state index in [0.29, 0.717) is 12.2 Å². The van der Waals surface area contributed by atoms with E-state index in [1.807, 2.05) is 0 Å². The molecule has 2 aliphatic carbocycles. The third-order valence-electron chi connectivity index (χ3n) is 4.66. The van der Waals surface area contributed by atoms with Crippen molar-refractivity contribution in [3.8, 4) is 0 Å². The van der Waals surface area contributed by atoms with E-state index < -0.39 is 0 Å². The number of hydrogen-bond donors (Lipinski definition) is 3. The second-order valence-electron chi connectivity index (χ2n) is 6.41. The lowest BCUT2D eigenvalue weighted by Crippen LogP contribution is -2.68. The first-order valence-electron chi connectivity index (χ1n) is 8.53. The molecular weight excluding hydrogens is 290 g/mol. The molecule has 0 radical (unpaired) electrons. The van der Waals surface area contributed by atoms with Gasteiger partial charge in [-0.15, -0.1) is 0 Å². The molecule has 1 aliphatic heterocycles. The van der Waals surface area contributed by atoms with Crippen LogP contribution in [0.4, 0.5) is 0 Å². The average molecular weight is 318 g/mol. The maximum absolute atomic E-state index is 6.22. The van der Waals surface area contributed by atoms with Gasteiger partial charge in [-0.1, -0.05) is 50.1 Å². The van der Waals surface area contributed by atoms with Gasteiger partial charge in [0.1, 0.15) is 5.62 Å². The molecule has 2 unspecified atom stereocenters. The Hall–Kier alpha value is 0.0900. The zero-order valence-corrected chi connectivity index (χ0v) is 13.4. The van der Waals surface area contributed by atoms with Crippen molar-refractivity contribution in [3.05, 3.63) is 0 Å². The van der Waals surface area contributed by atoms with Crippen molar-refractivity contribution in [2.24, 2.45) is 0 Å². The molecule has 2 atom stereocenters. The predicted octanol–water partition coefficient (Wildman–Crippen LogP) is 2.56. The van der Waals surface area contributed by atoms with Gasteiger partial charge in [0.15, 0.2) is 12.7 Å². The predicted molar refractivity (Wildman–Crippen MR) is 82.5 cm³/mol. The number of nitrogens with one attached hydrogen (secondary N) is 3. The molecule has 3 N–H and O–H groups in total. The molecule has 3 aliphatic rings. The SMILES string of the molecule is ClC1NC(OC2CCCCC2)NC(OC2CCCCC2)N1. The van der Waals surface area contributed by atoms with Crippen molar-refractivity contribution in [1.29, 1.82) is 0 Å². The third-order valence-corrected chi connectivity index (χ3v) is 4.91. The summed E-state index contributed by atoms with van der Waals surface area (Å²) in [4.78, 5) is 0. The smallest absolute Gasteiger partial charge is 0.168 e. The van der Waals surface area contributed by atoms with Crippen LogP contribution >= 0.6 is 11.6 Å². The Morgan fingerprint density at radius 3 is 1.48 bits per heavy atom. The largest absolute Gasteiger partial charge is 0.347 e. The fourth-order valence-corrected chi connectivity index (χ4v) is 3.72. The van der Waals surface area contributed by atoms with Gasteiger partial charge in [-0.05, 0) is 25.7 Å². The fraction of sp³-hybridized carbons (Fsp3) is 1.00. The zero-order valence-electron chi connectivity index (χ0n) is 12.7. The molecule has 0 aromatic heterocycles. The van der Waals surface area contributed by atoms with E-state index in [-0.39, 0.29) is 18.3 Å². The van der Waals surface area contributed by atoms with E-state index in [4.69, 9.17) is 21.1 Å². The Balaban J connectivity index is 1.46. The summed E-state index contributed by atoms with van der Waals surface area (Å²) in [6, 6.07) is 0. The number of rotatable bonds is 4. The molecule has 21 heavy (non-hydrogen) atoms. The molecule has 0 aromatic carbocycles. The summed E-state index contributed by atoms with van der Waals surface area (Å²) in [5, 5.41) is 9.67. The number of alkyl halides is 1. The number of ether oxygens (including phenoxy) is 2. The molecule has 1 saturated heterocycles. The summed E-state index contributed by atoms with van der Waals surface area (Å²) in [6.45, 7) is 0. The summed E-state index contributed by atoms with van der Waals surface area (Å²) in [5.74, 6) is 0. The molecule has 6 heteroatoms. The highest BCUT2D eigenvalue weighted by molar-refractivity contribution is 6.20. The highest BCUT2D eigenvalue weighted by atomic mass is 35.5. The van der Waals surface area contributed by atoms with Crippen molar-refractivity contribution < 1.29 is 9.47 Å². The van der Waals surface area contributed by atoms with Gasteiger partial charge in [0.2, 0.25) is 0 Å². The van der Waals surface area contributed by atoms with Crippen molar-refractivity contribution in [1.82, 2.24) is 16.0 Å². The molecule has 3 fully saturated rings. The summed E-state index contributed by atoms with van der Waals surface area (Å²) in [5.41, 5.74) is -0.326. The second-order valence-corrected chi connectivity index (χ2v) is 6.85. The van der Waals surface area contributed by atoms with Crippen LogP contribution < -0.4 is 16.0 Å². The Labute approximate surface area is 132 Å². The molecule has 0 amide bonds. The quantitative estimate of drug-likeness (QED) is 0.549. The van der Waals surface area contributed by atoms with Crippen molar-refractivity contribution in [2.45, 2.75) is 94.7 Å².